The first-order chi connectivity index (χ1) is 8.24. The number of nitrogens with one attached hydrogen (secondary N) is 1. The highest BCUT2D eigenvalue weighted by Gasteiger charge is 2.45. The summed E-state index contributed by atoms with van der Waals surface area (Å²) in [7, 11) is 0. The van der Waals surface area contributed by atoms with Crippen LogP contribution in [0.3, 0.4) is 0 Å². The second-order valence-corrected chi connectivity index (χ2v) is 4.70. The van der Waals surface area contributed by atoms with Gasteiger partial charge in [0.15, 0.2) is 0 Å². The molecule has 0 spiro atoms. The number of hydrogen-bond acceptors (Lipinski definition) is 2. The summed E-state index contributed by atoms with van der Waals surface area (Å²) >= 11 is 0. The van der Waals surface area contributed by atoms with Gasteiger partial charge >= 0.3 is 0 Å². The Morgan fingerprint density at radius 2 is 2.06 bits per heavy atom. The predicted octanol–water partition coefficient (Wildman–Crippen LogP) is 2.45. The van der Waals surface area contributed by atoms with E-state index in [0.29, 0.717) is 0 Å². The summed E-state index contributed by atoms with van der Waals surface area (Å²) < 4.78 is 0. The molecular formula is C14H19NO2. The molecule has 1 aromatic carbocycles. The lowest BCUT2D eigenvalue weighted by Gasteiger charge is -2.24. The molecule has 2 N–H and O–H groups in total. The molecule has 0 aliphatic carbocycles. The minimum Gasteiger partial charge on any atom is -0.395 e. The van der Waals surface area contributed by atoms with E-state index in [4.69, 9.17) is 0 Å². The van der Waals surface area contributed by atoms with E-state index in [1.807, 2.05) is 24.3 Å². The zero-order valence-corrected chi connectivity index (χ0v) is 10.2. The molecule has 2 rings (SSSR count). The summed E-state index contributed by atoms with van der Waals surface area (Å²) in [6.07, 6.45) is 3.90. The van der Waals surface area contributed by atoms with Crippen molar-refractivity contribution < 1.29 is 9.90 Å². The van der Waals surface area contributed by atoms with Crippen LogP contribution in [-0.2, 0) is 10.2 Å². The van der Waals surface area contributed by atoms with Crippen LogP contribution >= 0.6 is 0 Å². The maximum Gasteiger partial charge on any atom is 0.237 e. The summed E-state index contributed by atoms with van der Waals surface area (Å²) in [5.74, 6) is -0.0581. The van der Waals surface area contributed by atoms with Crippen LogP contribution in [0.15, 0.2) is 24.3 Å². The van der Waals surface area contributed by atoms with Crippen molar-refractivity contribution in [2.45, 2.75) is 38.0 Å². The molecule has 1 unspecified atom stereocenters. The molecule has 1 atom stereocenters. The Morgan fingerprint density at radius 1 is 1.29 bits per heavy atom. The number of aliphatic hydroxyl groups excluding tert-OH is 1. The van der Waals surface area contributed by atoms with Crippen molar-refractivity contribution >= 4 is 11.6 Å². The molecule has 3 nitrogen and oxygen atoms in total. The fraction of sp³-hybridized carbons (Fsp3) is 0.500. The lowest BCUT2D eigenvalue weighted by atomic mass is 9.78. The van der Waals surface area contributed by atoms with Gasteiger partial charge in [-0.1, -0.05) is 44.4 Å². The van der Waals surface area contributed by atoms with E-state index in [2.05, 4.69) is 12.2 Å². The number of benzene rings is 1. The van der Waals surface area contributed by atoms with Crippen molar-refractivity contribution in [1.29, 1.82) is 0 Å². The molecule has 17 heavy (non-hydrogen) atoms. The molecule has 1 amide bonds. The Morgan fingerprint density at radius 3 is 2.76 bits per heavy atom. The topological polar surface area (TPSA) is 49.3 Å². The Balaban J connectivity index is 2.29. The van der Waals surface area contributed by atoms with Crippen LogP contribution < -0.4 is 5.32 Å². The predicted molar refractivity (Wildman–Crippen MR) is 68.0 cm³/mol. The molecule has 0 saturated heterocycles. The van der Waals surface area contributed by atoms with E-state index in [0.717, 1.165) is 36.9 Å². The number of fused-ring (bicyclic) bond motifs is 1. The van der Waals surface area contributed by atoms with E-state index in [1.165, 1.54) is 0 Å². The molecule has 0 bridgehead atoms. The monoisotopic (exact) mass is 233 g/mol. The van der Waals surface area contributed by atoms with Crippen LogP contribution in [0.5, 0.6) is 0 Å². The van der Waals surface area contributed by atoms with Crippen molar-refractivity contribution in [3.63, 3.8) is 0 Å². The number of para-hydroxylation sites is 1. The number of amides is 1. The standard InChI is InChI=1S/C14H19NO2/c1-2-3-6-9-14(10-16)11-7-4-5-8-12(11)15-13(14)17/h4-5,7-8,16H,2-3,6,9-10H2,1H3,(H,15,17). The molecule has 1 aliphatic rings. The second kappa shape index (κ2) is 4.88. The van der Waals surface area contributed by atoms with Gasteiger partial charge in [-0.25, -0.2) is 0 Å². The van der Waals surface area contributed by atoms with Gasteiger partial charge in [0, 0.05) is 5.69 Å². The van der Waals surface area contributed by atoms with Crippen LogP contribution in [0.1, 0.15) is 38.2 Å². The summed E-state index contributed by atoms with van der Waals surface area (Å²) in [6, 6.07) is 7.65. The summed E-state index contributed by atoms with van der Waals surface area (Å²) in [4.78, 5) is 12.1. The van der Waals surface area contributed by atoms with Gasteiger partial charge in [-0.15, -0.1) is 0 Å². The van der Waals surface area contributed by atoms with Crippen LogP contribution in [0.2, 0.25) is 0 Å². The molecule has 1 aromatic rings. The Labute approximate surface area is 102 Å². The van der Waals surface area contributed by atoms with E-state index < -0.39 is 5.41 Å². The Kier molecular flexibility index (Phi) is 3.48. The molecule has 3 heteroatoms. The van der Waals surface area contributed by atoms with Crippen molar-refractivity contribution in [3.05, 3.63) is 29.8 Å². The van der Waals surface area contributed by atoms with Crippen molar-refractivity contribution in [2.24, 2.45) is 0 Å². The van der Waals surface area contributed by atoms with E-state index in [1.54, 1.807) is 0 Å². The molecule has 0 radical (unpaired) electrons. The first kappa shape index (κ1) is 12.1. The van der Waals surface area contributed by atoms with Gasteiger partial charge in [0.1, 0.15) is 0 Å². The average Bonchev–Trinajstić information content (AvgIpc) is 2.63. The number of hydrogen-bond donors (Lipinski definition) is 2. The highest BCUT2D eigenvalue weighted by atomic mass is 16.3. The molecule has 1 aliphatic heterocycles. The fourth-order valence-corrected chi connectivity index (χ4v) is 2.53. The number of carbonyl (C=O) groups is 1. The highest BCUT2D eigenvalue weighted by Crippen LogP contribution is 2.40. The third-order valence-corrected chi connectivity index (χ3v) is 3.60. The normalized spacial score (nSPS) is 22.4. The van der Waals surface area contributed by atoms with Crippen molar-refractivity contribution in [3.8, 4) is 0 Å². The molecular weight excluding hydrogens is 214 g/mol. The van der Waals surface area contributed by atoms with Crippen LogP contribution in [-0.4, -0.2) is 17.6 Å². The number of carbonyl (C=O) groups excluding carboxylic acids is 1. The smallest absolute Gasteiger partial charge is 0.237 e. The zero-order valence-electron chi connectivity index (χ0n) is 10.2. The van der Waals surface area contributed by atoms with Gasteiger partial charge in [0.05, 0.1) is 12.0 Å². The van der Waals surface area contributed by atoms with E-state index in [9.17, 15) is 9.90 Å². The van der Waals surface area contributed by atoms with Gasteiger partial charge in [-0.2, -0.15) is 0 Å². The van der Waals surface area contributed by atoms with E-state index in [-0.39, 0.29) is 12.5 Å². The van der Waals surface area contributed by atoms with Crippen molar-refractivity contribution in [2.75, 3.05) is 11.9 Å². The molecule has 1 heterocycles. The summed E-state index contributed by atoms with van der Waals surface area (Å²) in [5.41, 5.74) is 1.08. The first-order valence-corrected chi connectivity index (χ1v) is 6.26. The number of unbranched alkanes of at least 4 members (excludes halogenated alkanes) is 2. The first-order valence-electron chi connectivity index (χ1n) is 6.26. The lowest BCUT2D eigenvalue weighted by Crippen LogP contribution is -2.38. The molecule has 0 aromatic heterocycles. The highest BCUT2D eigenvalue weighted by molar-refractivity contribution is 6.06. The number of anilines is 1. The number of aliphatic hydroxyl groups is 1. The van der Waals surface area contributed by atoms with Crippen LogP contribution in [0.25, 0.3) is 0 Å². The van der Waals surface area contributed by atoms with Gasteiger partial charge in [0.25, 0.3) is 0 Å². The molecule has 0 fully saturated rings. The van der Waals surface area contributed by atoms with Gasteiger partial charge in [-0.05, 0) is 18.1 Å². The van der Waals surface area contributed by atoms with Crippen LogP contribution in [0, 0.1) is 0 Å². The number of rotatable bonds is 5. The largest absolute Gasteiger partial charge is 0.395 e. The molecule has 92 valence electrons. The minimum atomic E-state index is -0.717. The minimum absolute atomic E-state index is 0.0581. The van der Waals surface area contributed by atoms with Gasteiger partial charge in [0.2, 0.25) is 5.91 Å². The summed E-state index contributed by atoms with van der Waals surface area (Å²) in [5, 5.41) is 12.5. The Bertz CT molecular complexity index is 416. The fourth-order valence-electron chi connectivity index (χ4n) is 2.53. The third kappa shape index (κ3) is 1.95. The average molecular weight is 233 g/mol. The van der Waals surface area contributed by atoms with Crippen LogP contribution in [0.4, 0.5) is 5.69 Å². The van der Waals surface area contributed by atoms with Crippen molar-refractivity contribution in [1.82, 2.24) is 0 Å². The third-order valence-electron chi connectivity index (χ3n) is 3.60. The SMILES string of the molecule is CCCCCC1(CO)C(=O)Nc2ccccc21. The lowest BCUT2D eigenvalue weighted by molar-refractivity contribution is -0.122. The van der Waals surface area contributed by atoms with Gasteiger partial charge < -0.3 is 10.4 Å². The maximum absolute atomic E-state index is 12.1. The second-order valence-electron chi connectivity index (χ2n) is 4.70. The summed E-state index contributed by atoms with van der Waals surface area (Å²) in [6.45, 7) is 2.02. The zero-order chi connectivity index (χ0) is 12.3. The van der Waals surface area contributed by atoms with E-state index >= 15 is 0 Å². The van der Waals surface area contributed by atoms with Gasteiger partial charge in [-0.3, -0.25) is 4.79 Å². The molecule has 0 saturated carbocycles. The maximum atomic E-state index is 12.1. The quantitative estimate of drug-likeness (QED) is 0.767. The Hall–Kier alpha value is -1.35.